The number of hydrogen-bond acceptors (Lipinski definition) is 7. The molecule has 0 spiro atoms. The van der Waals surface area contributed by atoms with Crippen LogP contribution in [0.5, 0.6) is 0 Å². The number of amidine groups is 1. The van der Waals surface area contributed by atoms with Gasteiger partial charge in [0.15, 0.2) is 13.5 Å². The summed E-state index contributed by atoms with van der Waals surface area (Å²) in [6, 6.07) is 10.0. The predicted octanol–water partition coefficient (Wildman–Crippen LogP) is 5.54. The number of thioether (sulfide) groups is 2. The minimum absolute atomic E-state index is 0.181. The average Bonchev–Trinajstić information content (AvgIpc) is 3.03. The number of nitrogens with zero attached hydrogens (tertiary/aromatic N) is 3. The summed E-state index contributed by atoms with van der Waals surface area (Å²) in [6.07, 6.45) is 2.50. The molecule has 0 saturated heterocycles. The van der Waals surface area contributed by atoms with Crippen molar-refractivity contribution in [2.75, 3.05) is 12.4 Å². The third-order valence-electron chi connectivity index (χ3n) is 5.69. The highest BCUT2D eigenvalue weighted by Gasteiger charge is 2.36. The van der Waals surface area contributed by atoms with E-state index < -0.39 is 14.2 Å². The summed E-state index contributed by atoms with van der Waals surface area (Å²) in [5.41, 5.74) is 7.37. The quantitative estimate of drug-likeness (QED) is 0.238. The van der Waals surface area contributed by atoms with Crippen LogP contribution in [0.1, 0.15) is 38.4 Å². The molecule has 2 N–H and O–H groups in total. The predicted molar refractivity (Wildman–Crippen MR) is 137 cm³/mol. The van der Waals surface area contributed by atoms with Gasteiger partial charge in [0.2, 0.25) is 0 Å². The Labute approximate surface area is 198 Å². The number of fused-ring (bicyclic) bond motifs is 1. The highest BCUT2D eigenvalue weighted by atomic mass is 32.2. The van der Waals surface area contributed by atoms with Gasteiger partial charge in [-0.1, -0.05) is 39.0 Å². The molecule has 0 unspecified atom stereocenters. The first-order valence-electron chi connectivity index (χ1n) is 10.4. The van der Waals surface area contributed by atoms with E-state index >= 15 is 0 Å². The van der Waals surface area contributed by atoms with Crippen molar-refractivity contribution < 1.29 is 9.22 Å². The average molecular weight is 485 g/mol. The van der Waals surface area contributed by atoms with Gasteiger partial charge in [0, 0.05) is 22.6 Å². The van der Waals surface area contributed by atoms with Gasteiger partial charge < -0.3 is 10.2 Å². The first-order chi connectivity index (χ1) is 15.0. The Bertz CT molecular complexity index is 1150. The van der Waals surface area contributed by atoms with Crippen molar-refractivity contribution in [1.82, 2.24) is 4.98 Å². The Morgan fingerprint density at radius 1 is 1.31 bits per heavy atom. The SMILES string of the molecule is CC(C)(C)[Si](C)(C)OCCCSc1c(C#N)c(/C=C2\SC(N)=NC2=O)nc2ccccc12. The van der Waals surface area contributed by atoms with Crippen molar-refractivity contribution >= 4 is 59.9 Å². The number of amides is 1. The number of nitrogens with two attached hydrogens (primary N) is 1. The Morgan fingerprint density at radius 2 is 2.03 bits per heavy atom. The van der Waals surface area contributed by atoms with E-state index in [1.54, 1.807) is 17.8 Å². The molecule has 1 aromatic heterocycles. The van der Waals surface area contributed by atoms with Crippen molar-refractivity contribution in [3.05, 3.63) is 40.4 Å². The Kier molecular flexibility index (Phi) is 7.50. The van der Waals surface area contributed by atoms with Gasteiger partial charge in [-0.3, -0.25) is 4.79 Å². The van der Waals surface area contributed by atoms with Gasteiger partial charge >= 0.3 is 0 Å². The number of pyridine rings is 1. The van der Waals surface area contributed by atoms with Crippen LogP contribution in [0.25, 0.3) is 17.0 Å². The summed E-state index contributed by atoms with van der Waals surface area (Å²) in [7, 11) is -1.77. The lowest BCUT2D eigenvalue weighted by atomic mass is 10.1. The molecule has 1 aliphatic rings. The van der Waals surface area contributed by atoms with Crippen LogP contribution in [-0.4, -0.2) is 36.7 Å². The second-order valence-electron chi connectivity index (χ2n) is 9.01. The molecule has 32 heavy (non-hydrogen) atoms. The molecule has 0 radical (unpaired) electrons. The van der Waals surface area contributed by atoms with Crippen LogP contribution in [-0.2, 0) is 9.22 Å². The standard InChI is InChI=1S/C23H28N4O2S2Si/c1-23(2,3)32(4,5)29-11-8-12-30-20-15-9-6-7-10-17(15)26-18(16(20)14-24)13-19-21(28)27-22(25)31-19/h6-7,9-10,13H,8,11-12H2,1-5H3,(H2,25,27,28)/b19-13-. The molecule has 2 aromatic rings. The highest BCUT2D eigenvalue weighted by molar-refractivity contribution is 8.18. The number of para-hydroxylation sites is 1. The maximum Gasteiger partial charge on any atom is 0.286 e. The molecule has 0 saturated carbocycles. The van der Waals surface area contributed by atoms with Crippen molar-refractivity contribution in [1.29, 1.82) is 5.26 Å². The summed E-state index contributed by atoms with van der Waals surface area (Å²) < 4.78 is 6.28. The van der Waals surface area contributed by atoms with Gasteiger partial charge in [-0.25, -0.2) is 4.98 Å². The van der Waals surface area contributed by atoms with Gasteiger partial charge in [-0.15, -0.1) is 11.8 Å². The van der Waals surface area contributed by atoms with Gasteiger partial charge in [0.05, 0.1) is 21.7 Å². The van der Waals surface area contributed by atoms with E-state index in [2.05, 4.69) is 49.9 Å². The normalized spacial score (nSPS) is 15.9. The number of carbonyl (C=O) groups is 1. The smallest absolute Gasteiger partial charge is 0.286 e. The minimum atomic E-state index is -1.77. The number of aliphatic imine (C=N–C) groups is 1. The van der Waals surface area contributed by atoms with E-state index in [0.717, 1.165) is 39.7 Å². The number of hydrogen-bond donors (Lipinski definition) is 1. The molecule has 2 heterocycles. The second-order valence-corrected chi connectivity index (χ2v) is 16.0. The highest BCUT2D eigenvalue weighted by Crippen LogP contribution is 2.37. The van der Waals surface area contributed by atoms with Crippen LogP contribution < -0.4 is 5.73 Å². The lowest BCUT2D eigenvalue weighted by Crippen LogP contribution is -2.41. The Balaban J connectivity index is 1.84. The number of nitriles is 1. The van der Waals surface area contributed by atoms with Gasteiger partial charge in [0.1, 0.15) is 6.07 Å². The largest absolute Gasteiger partial charge is 0.417 e. The summed E-state index contributed by atoms with van der Waals surface area (Å²) in [5, 5.41) is 11.3. The Morgan fingerprint density at radius 3 is 2.66 bits per heavy atom. The molecule has 9 heteroatoms. The molecular formula is C23H28N4O2S2Si. The maximum atomic E-state index is 12.0. The number of benzene rings is 1. The third-order valence-corrected chi connectivity index (χ3v) is 12.3. The molecule has 3 rings (SSSR count). The molecule has 1 amide bonds. The lowest BCUT2D eigenvalue weighted by Gasteiger charge is -2.36. The number of rotatable bonds is 7. The molecule has 1 aromatic carbocycles. The number of carbonyl (C=O) groups excluding carboxylic acids is 1. The van der Waals surface area contributed by atoms with Crippen LogP contribution in [0.15, 0.2) is 39.1 Å². The van der Waals surface area contributed by atoms with Crippen molar-refractivity contribution in [2.24, 2.45) is 10.7 Å². The Hall–Kier alpha value is -2.12. The topological polar surface area (TPSA) is 101 Å². The number of aromatic nitrogens is 1. The molecule has 168 valence electrons. The second kappa shape index (κ2) is 9.79. The molecule has 6 nitrogen and oxygen atoms in total. The van der Waals surface area contributed by atoms with E-state index in [1.165, 1.54) is 0 Å². The first-order valence-corrected chi connectivity index (χ1v) is 15.1. The van der Waals surface area contributed by atoms with Gasteiger partial charge in [0.25, 0.3) is 5.91 Å². The molecule has 0 atom stereocenters. The van der Waals surface area contributed by atoms with Crippen molar-refractivity contribution in [2.45, 2.75) is 50.2 Å². The third kappa shape index (κ3) is 5.43. The summed E-state index contributed by atoms with van der Waals surface area (Å²) in [6.45, 7) is 11.9. The summed E-state index contributed by atoms with van der Waals surface area (Å²) in [5.74, 6) is 0.417. The van der Waals surface area contributed by atoms with Crippen molar-refractivity contribution in [3.8, 4) is 6.07 Å². The molecule has 0 bridgehead atoms. The van der Waals surface area contributed by atoms with Crippen LogP contribution in [0.3, 0.4) is 0 Å². The van der Waals surface area contributed by atoms with Gasteiger partial charge in [-0.05, 0) is 48.5 Å². The monoisotopic (exact) mass is 484 g/mol. The fraction of sp³-hybridized carbons (Fsp3) is 0.391. The van der Waals surface area contributed by atoms with Gasteiger partial charge in [-0.2, -0.15) is 10.3 Å². The zero-order chi connectivity index (χ0) is 23.5. The molecule has 0 fully saturated rings. The maximum absolute atomic E-state index is 12.0. The lowest BCUT2D eigenvalue weighted by molar-refractivity contribution is -0.113. The summed E-state index contributed by atoms with van der Waals surface area (Å²) >= 11 is 2.73. The molecule has 0 aliphatic carbocycles. The van der Waals surface area contributed by atoms with E-state index in [-0.39, 0.29) is 10.2 Å². The zero-order valence-electron chi connectivity index (χ0n) is 19.1. The fourth-order valence-corrected chi connectivity index (χ4v) is 5.72. The van der Waals surface area contributed by atoms with Crippen LogP contribution in [0, 0.1) is 11.3 Å². The fourth-order valence-electron chi connectivity index (χ4n) is 2.89. The molecular weight excluding hydrogens is 456 g/mol. The zero-order valence-corrected chi connectivity index (χ0v) is 21.7. The van der Waals surface area contributed by atoms with E-state index in [4.69, 9.17) is 10.2 Å². The molecule has 1 aliphatic heterocycles. The van der Waals surface area contributed by atoms with E-state index in [1.807, 2.05) is 24.3 Å². The van der Waals surface area contributed by atoms with E-state index in [0.29, 0.717) is 22.8 Å². The first kappa shape index (κ1) is 24.5. The van der Waals surface area contributed by atoms with Crippen LogP contribution in [0.2, 0.25) is 18.1 Å². The van der Waals surface area contributed by atoms with Crippen LogP contribution >= 0.6 is 23.5 Å². The summed E-state index contributed by atoms with van der Waals surface area (Å²) in [4.78, 5) is 21.7. The minimum Gasteiger partial charge on any atom is -0.417 e. The van der Waals surface area contributed by atoms with Crippen molar-refractivity contribution in [3.63, 3.8) is 0 Å². The van der Waals surface area contributed by atoms with E-state index in [9.17, 15) is 10.1 Å². The van der Waals surface area contributed by atoms with Crippen LogP contribution in [0.4, 0.5) is 0 Å².